The molecule has 1 heterocycles. The van der Waals surface area contributed by atoms with Crippen molar-refractivity contribution in [2.75, 3.05) is 0 Å². The zero-order valence-electron chi connectivity index (χ0n) is 12.4. The minimum Gasteiger partial charge on any atom is -0.466 e. The Morgan fingerprint density at radius 2 is 1.82 bits per heavy atom. The Kier molecular flexibility index (Phi) is 4.93. The zero-order chi connectivity index (χ0) is 16.1. The lowest BCUT2D eigenvalue weighted by Crippen LogP contribution is -2.41. The SMILES string of the molecule is Cc1cc(C(=O)NNC(=O)CCc2ccc(F)cc2)c(C)o1. The first-order valence-electron chi connectivity index (χ1n) is 6.86. The first-order valence-corrected chi connectivity index (χ1v) is 6.86. The van der Waals surface area contributed by atoms with Gasteiger partial charge in [-0.1, -0.05) is 12.1 Å². The second-order valence-corrected chi connectivity index (χ2v) is 4.96. The van der Waals surface area contributed by atoms with E-state index >= 15 is 0 Å². The number of hydrogen-bond acceptors (Lipinski definition) is 3. The fourth-order valence-electron chi connectivity index (χ4n) is 2.02. The standard InChI is InChI=1S/C16H17FN2O3/c1-10-9-14(11(2)22-10)16(21)19-18-15(20)8-5-12-3-6-13(17)7-4-12/h3-4,6-7,9H,5,8H2,1-2H3,(H,18,20)(H,19,21). The number of furan rings is 1. The van der Waals surface area contributed by atoms with Crippen molar-refractivity contribution in [2.45, 2.75) is 26.7 Å². The van der Waals surface area contributed by atoms with Crippen molar-refractivity contribution >= 4 is 11.8 Å². The van der Waals surface area contributed by atoms with Gasteiger partial charge in [-0.15, -0.1) is 0 Å². The molecular weight excluding hydrogens is 287 g/mol. The van der Waals surface area contributed by atoms with Crippen LogP contribution in [-0.4, -0.2) is 11.8 Å². The molecule has 0 saturated heterocycles. The molecule has 0 unspecified atom stereocenters. The molecule has 0 bridgehead atoms. The van der Waals surface area contributed by atoms with Crippen LogP contribution in [-0.2, 0) is 11.2 Å². The van der Waals surface area contributed by atoms with Crippen LogP contribution < -0.4 is 10.9 Å². The molecule has 2 amide bonds. The summed E-state index contributed by atoms with van der Waals surface area (Å²) in [6, 6.07) is 7.55. The summed E-state index contributed by atoms with van der Waals surface area (Å²) in [5.74, 6) is 0.0621. The van der Waals surface area contributed by atoms with Crippen molar-refractivity contribution in [3.8, 4) is 0 Å². The molecule has 0 atom stereocenters. The third-order valence-corrected chi connectivity index (χ3v) is 3.16. The lowest BCUT2D eigenvalue weighted by molar-refractivity contribution is -0.121. The van der Waals surface area contributed by atoms with Crippen LogP contribution in [0.3, 0.4) is 0 Å². The molecule has 0 saturated carbocycles. The summed E-state index contributed by atoms with van der Waals surface area (Å²) in [6.45, 7) is 3.42. The van der Waals surface area contributed by atoms with Crippen LogP contribution in [0.2, 0.25) is 0 Å². The second kappa shape index (κ2) is 6.89. The molecular formula is C16H17FN2O3. The van der Waals surface area contributed by atoms with Gasteiger partial charge in [0.1, 0.15) is 17.3 Å². The minimum absolute atomic E-state index is 0.190. The molecule has 0 aliphatic rings. The van der Waals surface area contributed by atoms with E-state index in [1.54, 1.807) is 32.0 Å². The maximum atomic E-state index is 12.8. The molecule has 1 aromatic heterocycles. The molecule has 2 rings (SSSR count). The van der Waals surface area contributed by atoms with Gasteiger partial charge in [0.15, 0.2) is 0 Å². The van der Waals surface area contributed by atoms with Crippen LogP contribution in [0.4, 0.5) is 4.39 Å². The predicted octanol–water partition coefficient (Wildman–Crippen LogP) is 2.43. The molecule has 0 fully saturated rings. The van der Waals surface area contributed by atoms with Gasteiger partial charge >= 0.3 is 0 Å². The number of rotatable bonds is 4. The van der Waals surface area contributed by atoms with Gasteiger partial charge in [-0.2, -0.15) is 0 Å². The molecule has 0 radical (unpaired) electrons. The van der Waals surface area contributed by atoms with Crippen LogP contribution in [0, 0.1) is 19.7 Å². The molecule has 1 aromatic carbocycles. The van der Waals surface area contributed by atoms with Crippen molar-refractivity contribution in [1.82, 2.24) is 10.9 Å². The maximum Gasteiger partial charge on any atom is 0.273 e. The van der Waals surface area contributed by atoms with E-state index in [1.807, 2.05) is 0 Å². The third-order valence-electron chi connectivity index (χ3n) is 3.16. The van der Waals surface area contributed by atoms with E-state index in [4.69, 9.17) is 4.42 Å². The lowest BCUT2D eigenvalue weighted by Gasteiger charge is -2.07. The molecule has 22 heavy (non-hydrogen) atoms. The van der Waals surface area contributed by atoms with Gasteiger partial charge in [-0.05, 0) is 44.0 Å². The van der Waals surface area contributed by atoms with Crippen molar-refractivity contribution in [2.24, 2.45) is 0 Å². The van der Waals surface area contributed by atoms with Crippen LogP contribution >= 0.6 is 0 Å². The molecule has 2 N–H and O–H groups in total. The van der Waals surface area contributed by atoms with E-state index in [1.165, 1.54) is 12.1 Å². The highest BCUT2D eigenvalue weighted by molar-refractivity contribution is 5.96. The number of halogens is 1. The Morgan fingerprint density at radius 3 is 2.41 bits per heavy atom. The van der Waals surface area contributed by atoms with E-state index in [0.717, 1.165) is 5.56 Å². The molecule has 0 aliphatic heterocycles. The van der Waals surface area contributed by atoms with Gasteiger partial charge in [-0.25, -0.2) is 4.39 Å². The highest BCUT2D eigenvalue weighted by Crippen LogP contribution is 2.12. The molecule has 0 spiro atoms. The predicted molar refractivity (Wildman–Crippen MR) is 78.5 cm³/mol. The van der Waals surface area contributed by atoms with Crippen molar-refractivity contribution < 1.29 is 18.4 Å². The maximum absolute atomic E-state index is 12.8. The Labute approximate surface area is 127 Å². The van der Waals surface area contributed by atoms with E-state index in [0.29, 0.717) is 23.5 Å². The summed E-state index contributed by atoms with van der Waals surface area (Å²) in [6.07, 6.45) is 0.654. The number of carbonyl (C=O) groups is 2. The smallest absolute Gasteiger partial charge is 0.273 e. The average molecular weight is 304 g/mol. The summed E-state index contributed by atoms with van der Waals surface area (Å²) < 4.78 is 18.0. The zero-order valence-corrected chi connectivity index (χ0v) is 12.4. The van der Waals surface area contributed by atoms with Crippen molar-refractivity contribution in [3.63, 3.8) is 0 Å². The number of carbonyl (C=O) groups excluding carboxylic acids is 2. The molecule has 6 heteroatoms. The Hall–Kier alpha value is -2.63. The van der Waals surface area contributed by atoms with Gasteiger partial charge in [0.2, 0.25) is 5.91 Å². The van der Waals surface area contributed by atoms with Crippen molar-refractivity contribution in [1.29, 1.82) is 0 Å². The lowest BCUT2D eigenvalue weighted by atomic mass is 10.1. The highest BCUT2D eigenvalue weighted by Gasteiger charge is 2.13. The Balaban J connectivity index is 1.79. The average Bonchev–Trinajstić information content (AvgIpc) is 2.83. The molecule has 2 aromatic rings. The number of benzene rings is 1. The molecule has 5 nitrogen and oxygen atoms in total. The second-order valence-electron chi connectivity index (χ2n) is 4.96. The van der Waals surface area contributed by atoms with Crippen LogP contribution in [0.25, 0.3) is 0 Å². The monoisotopic (exact) mass is 304 g/mol. The number of hydrazine groups is 1. The number of aryl methyl sites for hydroxylation is 3. The largest absolute Gasteiger partial charge is 0.466 e. The first kappa shape index (κ1) is 15.8. The van der Waals surface area contributed by atoms with Crippen LogP contribution in [0.1, 0.15) is 33.9 Å². The summed E-state index contributed by atoms with van der Waals surface area (Å²) in [7, 11) is 0. The first-order chi connectivity index (χ1) is 10.5. The minimum atomic E-state index is -0.426. The van der Waals surface area contributed by atoms with E-state index in [2.05, 4.69) is 10.9 Å². The number of hydrogen-bond donors (Lipinski definition) is 2. The van der Waals surface area contributed by atoms with E-state index in [9.17, 15) is 14.0 Å². The van der Waals surface area contributed by atoms with Gasteiger partial charge in [0.25, 0.3) is 5.91 Å². The van der Waals surface area contributed by atoms with Gasteiger partial charge in [0, 0.05) is 6.42 Å². The quantitative estimate of drug-likeness (QED) is 0.852. The fraction of sp³-hybridized carbons (Fsp3) is 0.250. The van der Waals surface area contributed by atoms with Crippen molar-refractivity contribution in [3.05, 3.63) is 58.8 Å². The summed E-state index contributed by atoms with van der Waals surface area (Å²) in [4.78, 5) is 23.6. The number of nitrogens with one attached hydrogen (secondary N) is 2. The van der Waals surface area contributed by atoms with E-state index in [-0.39, 0.29) is 18.1 Å². The Morgan fingerprint density at radius 1 is 1.14 bits per heavy atom. The topological polar surface area (TPSA) is 71.3 Å². The molecule has 0 aliphatic carbocycles. The highest BCUT2D eigenvalue weighted by atomic mass is 19.1. The Bertz CT molecular complexity index is 677. The molecule has 116 valence electrons. The van der Waals surface area contributed by atoms with Crippen LogP contribution in [0.15, 0.2) is 34.7 Å². The summed E-state index contributed by atoms with van der Waals surface area (Å²) in [5.41, 5.74) is 5.92. The van der Waals surface area contributed by atoms with Gasteiger partial charge in [0.05, 0.1) is 5.56 Å². The van der Waals surface area contributed by atoms with Gasteiger partial charge in [-0.3, -0.25) is 20.4 Å². The number of amides is 2. The normalized spacial score (nSPS) is 10.3. The summed E-state index contributed by atoms with van der Waals surface area (Å²) in [5, 5.41) is 0. The third kappa shape index (κ3) is 4.18. The van der Waals surface area contributed by atoms with E-state index < -0.39 is 5.91 Å². The summed E-state index contributed by atoms with van der Waals surface area (Å²) >= 11 is 0. The van der Waals surface area contributed by atoms with Crippen LogP contribution in [0.5, 0.6) is 0 Å². The fourth-order valence-corrected chi connectivity index (χ4v) is 2.02. The van der Waals surface area contributed by atoms with Gasteiger partial charge < -0.3 is 4.42 Å².